The van der Waals surface area contributed by atoms with E-state index in [1.807, 2.05) is 33.2 Å². The summed E-state index contributed by atoms with van der Waals surface area (Å²) in [6.07, 6.45) is 4.02. The minimum atomic E-state index is -0.0251. The summed E-state index contributed by atoms with van der Waals surface area (Å²) in [6, 6.07) is 5.46. The second-order valence-electron chi connectivity index (χ2n) is 7.44. The van der Waals surface area contributed by atoms with Gasteiger partial charge in [-0.15, -0.1) is 0 Å². The van der Waals surface area contributed by atoms with Crippen LogP contribution in [0.1, 0.15) is 37.7 Å². The topological polar surface area (TPSA) is 61.4 Å². The number of hydrogen-bond acceptors (Lipinski definition) is 3. The summed E-state index contributed by atoms with van der Waals surface area (Å²) in [6.45, 7) is 3.61. The van der Waals surface area contributed by atoms with Gasteiger partial charge in [0.1, 0.15) is 0 Å². The molecule has 0 spiro atoms. The number of carbonyl (C=O) groups is 2. The van der Waals surface area contributed by atoms with Crippen LogP contribution in [0.5, 0.6) is 0 Å². The number of amides is 2. The summed E-state index contributed by atoms with van der Waals surface area (Å²) in [5.41, 5.74) is 1.76. The quantitative estimate of drug-likeness (QED) is 0.713. The van der Waals surface area contributed by atoms with E-state index < -0.39 is 0 Å². The fourth-order valence-electron chi connectivity index (χ4n) is 3.37. The van der Waals surface area contributed by atoms with Crippen molar-refractivity contribution in [1.29, 1.82) is 0 Å². The van der Waals surface area contributed by atoms with Crippen molar-refractivity contribution in [3.8, 4) is 0 Å². The van der Waals surface area contributed by atoms with Crippen molar-refractivity contribution >= 4 is 29.1 Å². The molecule has 0 atom stereocenters. The lowest BCUT2D eigenvalue weighted by Gasteiger charge is -2.27. The highest BCUT2D eigenvalue weighted by Crippen LogP contribution is 2.30. The number of nitrogens with zero attached hydrogens (tertiary/aromatic N) is 1. The molecular weight excluding hydrogens is 350 g/mol. The Balaban J connectivity index is 1.75. The maximum absolute atomic E-state index is 12.5. The van der Waals surface area contributed by atoms with Crippen LogP contribution < -0.4 is 10.6 Å². The van der Waals surface area contributed by atoms with E-state index in [1.165, 1.54) is 0 Å². The van der Waals surface area contributed by atoms with Crippen molar-refractivity contribution in [3.63, 3.8) is 0 Å². The molecule has 2 amide bonds. The SMILES string of the molecule is Cc1cc(Cl)ccc1NC(=O)C1CCC(C(=O)NCCCN(C)C)CC1. The predicted octanol–water partition coefficient (Wildman–Crippen LogP) is 3.46. The van der Waals surface area contributed by atoms with Gasteiger partial charge in [-0.3, -0.25) is 9.59 Å². The van der Waals surface area contributed by atoms with Crippen molar-refractivity contribution in [2.24, 2.45) is 11.8 Å². The first kappa shape index (κ1) is 20.7. The first-order chi connectivity index (χ1) is 12.4. The Morgan fingerprint density at radius 1 is 1.12 bits per heavy atom. The Morgan fingerprint density at radius 2 is 1.73 bits per heavy atom. The molecule has 0 aliphatic heterocycles. The average molecular weight is 380 g/mol. The fourth-order valence-corrected chi connectivity index (χ4v) is 3.60. The van der Waals surface area contributed by atoms with E-state index in [-0.39, 0.29) is 23.7 Å². The molecule has 1 saturated carbocycles. The molecule has 26 heavy (non-hydrogen) atoms. The first-order valence-corrected chi connectivity index (χ1v) is 9.74. The summed E-state index contributed by atoms with van der Waals surface area (Å²) in [7, 11) is 4.05. The van der Waals surface area contributed by atoms with Crippen molar-refractivity contribution in [3.05, 3.63) is 28.8 Å². The zero-order valence-electron chi connectivity index (χ0n) is 16.0. The van der Waals surface area contributed by atoms with E-state index in [9.17, 15) is 9.59 Å². The van der Waals surface area contributed by atoms with Gasteiger partial charge in [0.05, 0.1) is 0 Å². The van der Waals surface area contributed by atoms with Crippen molar-refractivity contribution < 1.29 is 9.59 Å². The van der Waals surface area contributed by atoms with Crippen molar-refractivity contribution in [2.75, 3.05) is 32.5 Å². The smallest absolute Gasteiger partial charge is 0.227 e. The Kier molecular flexibility index (Phi) is 7.91. The van der Waals surface area contributed by atoms with Crippen LogP contribution >= 0.6 is 11.6 Å². The number of rotatable bonds is 7. The lowest BCUT2D eigenvalue weighted by Crippen LogP contribution is -2.36. The number of anilines is 1. The van der Waals surface area contributed by atoms with Gasteiger partial charge in [-0.05, 0) is 83.4 Å². The lowest BCUT2D eigenvalue weighted by atomic mass is 9.81. The molecule has 2 rings (SSSR count). The highest BCUT2D eigenvalue weighted by molar-refractivity contribution is 6.30. The molecule has 1 aliphatic rings. The minimum absolute atomic E-state index is 0.0251. The molecule has 1 aromatic carbocycles. The number of nitrogens with one attached hydrogen (secondary N) is 2. The number of hydrogen-bond donors (Lipinski definition) is 2. The third-order valence-electron chi connectivity index (χ3n) is 5.00. The number of halogens is 1. The Labute approximate surface area is 161 Å². The average Bonchev–Trinajstić information content (AvgIpc) is 2.61. The van der Waals surface area contributed by atoms with Crippen LogP contribution in [0.25, 0.3) is 0 Å². The molecule has 0 aromatic heterocycles. The maximum Gasteiger partial charge on any atom is 0.227 e. The second-order valence-corrected chi connectivity index (χ2v) is 7.88. The van der Waals surface area contributed by atoms with Gasteiger partial charge in [-0.2, -0.15) is 0 Å². The van der Waals surface area contributed by atoms with Crippen molar-refractivity contribution in [2.45, 2.75) is 39.0 Å². The van der Waals surface area contributed by atoms with Gasteiger partial charge < -0.3 is 15.5 Å². The summed E-state index contributed by atoms with van der Waals surface area (Å²) < 4.78 is 0. The molecule has 2 N–H and O–H groups in total. The third-order valence-corrected chi connectivity index (χ3v) is 5.23. The van der Waals surface area contributed by atoms with Crippen LogP contribution in [0.4, 0.5) is 5.69 Å². The molecular formula is C20H30ClN3O2. The minimum Gasteiger partial charge on any atom is -0.356 e. The zero-order valence-corrected chi connectivity index (χ0v) is 16.7. The third kappa shape index (κ3) is 6.29. The fraction of sp³-hybridized carbons (Fsp3) is 0.600. The van der Waals surface area contributed by atoms with Gasteiger partial charge in [-0.1, -0.05) is 11.6 Å². The van der Waals surface area contributed by atoms with Crippen molar-refractivity contribution in [1.82, 2.24) is 10.2 Å². The van der Waals surface area contributed by atoms with E-state index >= 15 is 0 Å². The lowest BCUT2D eigenvalue weighted by molar-refractivity contribution is -0.128. The molecule has 0 radical (unpaired) electrons. The highest BCUT2D eigenvalue weighted by atomic mass is 35.5. The van der Waals surface area contributed by atoms with E-state index in [2.05, 4.69) is 15.5 Å². The molecule has 1 fully saturated rings. The van der Waals surface area contributed by atoms with Crippen LogP contribution in [0, 0.1) is 18.8 Å². The van der Waals surface area contributed by atoms with E-state index in [0.29, 0.717) is 11.6 Å². The molecule has 0 unspecified atom stereocenters. The van der Waals surface area contributed by atoms with Crippen LogP contribution in [0.2, 0.25) is 5.02 Å². The summed E-state index contributed by atoms with van der Waals surface area (Å²) in [4.78, 5) is 26.9. The molecule has 6 heteroatoms. The van der Waals surface area contributed by atoms with Crippen LogP contribution in [0.15, 0.2) is 18.2 Å². The van der Waals surface area contributed by atoms with Gasteiger partial charge in [-0.25, -0.2) is 0 Å². The predicted molar refractivity (Wildman–Crippen MR) is 106 cm³/mol. The van der Waals surface area contributed by atoms with E-state index in [0.717, 1.165) is 49.9 Å². The maximum atomic E-state index is 12.5. The summed E-state index contributed by atoms with van der Waals surface area (Å²) in [5, 5.41) is 6.69. The largest absolute Gasteiger partial charge is 0.356 e. The number of benzene rings is 1. The van der Waals surface area contributed by atoms with Gasteiger partial charge in [0.25, 0.3) is 0 Å². The van der Waals surface area contributed by atoms with E-state index in [4.69, 9.17) is 11.6 Å². The molecule has 0 bridgehead atoms. The second kappa shape index (κ2) is 9.93. The molecule has 0 heterocycles. The van der Waals surface area contributed by atoms with Gasteiger partial charge >= 0.3 is 0 Å². The first-order valence-electron chi connectivity index (χ1n) is 9.36. The zero-order chi connectivity index (χ0) is 19.1. The van der Waals surface area contributed by atoms with Crippen LogP contribution in [-0.2, 0) is 9.59 Å². The summed E-state index contributed by atoms with van der Waals surface area (Å²) in [5.74, 6) is 0.190. The molecule has 5 nitrogen and oxygen atoms in total. The molecule has 1 aromatic rings. The monoisotopic (exact) mass is 379 g/mol. The number of carbonyl (C=O) groups excluding carboxylic acids is 2. The highest BCUT2D eigenvalue weighted by Gasteiger charge is 2.29. The van der Waals surface area contributed by atoms with Crippen LogP contribution in [0.3, 0.4) is 0 Å². The van der Waals surface area contributed by atoms with Gasteiger partial charge in [0, 0.05) is 29.1 Å². The standard InChI is InChI=1S/C20H30ClN3O2/c1-14-13-17(21)9-10-18(14)23-20(26)16-7-5-15(6-8-16)19(25)22-11-4-12-24(2)3/h9-10,13,15-16H,4-8,11-12H2,1-3H3,(H,22,25)(H,23,26). The molecule has 144 valence electrons. The van der Waals surface area contributed by atoms with Crippen LogP contribution in [-0.4, -0.2) is 43.9 Å². The Bertz CT molecular complexity index is 625. The van der Waals surface area contributed by atoms with E-state index in [1.54, 1.807) is 6.07 Å². The molecule has 1 aliphatic carbocycles. The van der Waals surface area contributed by atoms with Gasteiger partial charge in [0.2, 0.25) is 11.8 Å². The Hall–Kier alpha value is -1.59. The normalized spacial score (nSPS) is 20.0. The summed E-state index contributed by atoms with van der Waals surface area (Å²) >= 11 is 5.96. The van der Waals surface area contributed by atoms with Gasteiger partial charge in [0.15, 0.2) is 0 Å². The Morgan fingerprint density at radius 3 is 2.31 bits per heavy atom. The number of aryl methyl sites for hydroxylation is 1. The molecule has 0 saturated heterocycles.